The van der Waals surface area contributed by atoms with Crippen LogP contribution >= 0.6 is 11.8 Å². The fraction of sp³-hybridized carbons (Fsp3) is 0.188. The fourth-order valence-corrected chi connectivity index (χ4v) is 2.64. The number of thioether (sulfide) groups is 1. The Morgan fingerprint density at radius 1 is 1.25 bits per heavy atom. The second kappa shape index (κ2) is 6.88. The number of anilines is 1. The number of halogens is 1. The van der Waals surface area contributed by atoms with E-state index in [0.717, 1.165) is 17.3 Å². The summed E-state index contributed by atoms with van der Waals surface area (Å²) in [5, 5.41) is 10.4. The third-order valence-electron chi connectivity index (χ3n) is 3.25. The van der Waals surface area contributed by atoms with E-state index in [9.17, 15) is 9.18 Å². The minimum atomic E-state index is -0.464. The standard InChI is InChI=1S/C16H14FN3O3S/c1-9-13(7-8-22-9)15-19-20-16(23-15)24-10(2)14(21)18-12-5-3-11(17)4-6-12/h3-8,10H,1-2H3,(H,18,21)/t10-/m0/s1. The number of furan rings is 1. The molecule has 0 radical (unpaired) electrons. The number of hydrogen-bond donors (Lipinski definition) is 1. The van der Waals surface area contributed by atoms with E-state index < -0.39 is 5.25 Å². The fourth-order valence-electron chi connectivity index (χ4n) is 1.95. The maximum atomic E-state index is 12.9. The molecule has 2 aromatic heterocycles. The number of aryl methyl sites for hydroxylation is 1. The third kappa shape index (κ3) is 3.65. The first-order valence-corrected chi connectivity index (χ1v) is 8.02. The predicted octanol–water partition coefficient (Wildman–Crippen LogP) is 3.90. The lowest BCUT2D eigenvalue weighted by atomic mass is 10.3. The van der Waals surface area contributed by atoms with Gasteiger partial charge in [-0.05, 0) is 44.2 Å². The summed E-state index contributed by atoms with van der Waals surface area (Å²) in [4.78, 5) is 12.2. The van der Waals surface area contributed by atoms with Crippen LogP contribution in [0.1, 0.15) is 12.7 Å². The van der Waals surface area contributed by atoms with Gasteiger partial charge in [0, 0.05) is 5.69 Å². The van der Waals surface area contributed by atoms with Crippen LogP contribution in [0.2, 0.25) is 0 Å². The highest BCUT2D eigenvalue weighted by atomic mass is 32.2. The van der Waals surface area contributed by atoms with E-state index in [2.05, 4.69) is 15.5 Å². The molecule has 1 amide bonds. The quantitative estimate of drug-likeness (QED) is 0.705. The molecule has 0 spiro atoms. The van der Waals surface area contributed by atoms with Gasteiger partial charge in [-0.2, -0.15) is 0 Å². The van der Waals surface area contributed by atoms with Crippen molar-refractivity contribution < 1.29 is 18.0 Å². The molecule has 1 N–H and O–H groups in total. The molecule has 0 saturated heterocycles. The first kappa shape index (κ1) is 16.3. The van der Waals surface area contributed by atoms with Crippen LogP contribution in [0.15, 0.2) is 50.7 Å². The molecule has 1 atom stereocenters. The lowest BCUT2D eigenvalue weighted by Crippen LogP contribution is -2.22. The summed E-state index contributed by atoms with van der Waals surface area (Å²) in [6.07, 6.45) is 1.54. The van der Waals surface area contributed by atoms with E-state index in [0.29, 0.717) is 17.3 Å². The molecule has 2 heterocycles. The van der Waals surface area contributed by atoms with Crippen LogP contribution in [-0.4, -0.2) is 21.4 Å². The van der Waals surface area contributed by atoms with Gasteiger partial charge in [-0.1, -0.05) is 11.8 Å². The van der Waals surface area contributed by atoms with Crippen LogP contribution in [0.4, 0.5) is 10.1 Å². The summed E-state index contributed by atoms with van der Waals surface area (Å²) in [5.41, 5.74) is 1.24. The second-order valence-electron chi connectivity index (χ2n) is 5.02. The van der Waals surface area contributed by atoms with E-state index in [-0.39, 0.29) is 16.9 Å². The summed E-state index contributed by atoms with van der Waals surface area (Å²) < 4.78 is 23.6. The summed E-state index contributed by atoms with van der Waals surface area (Å²) in [6.45, 7) is 3.52. The Morgan fingerprint density at radius 3 is 2.67 bits per heavy atom. The maximum Gasteiger partial charge on any atom is 0.277 e. The Hall–Kier alpha value is -2.61. The molecule has 8 heteroatoms. The van der Waals surface area contributed by atoms with Crippen molar-refractivity contribution in [1.82, 2.24) is 10.2 Å². The van der Waals surface area contributed by atoms with E-state index in [1.807, 2.05) is 0 Å². The molecular weight excluding hydrogens is 333 g/mol. The maximum absolute atomic E-state index is 12.9. The number of aromatic nitrogens is 2. The van der Waals surface area contributed by atoms with Gasteiger partial charge in [-0.15, -0.1) is 10.2 Å². The minimum Gasteiger partial charge on any atom is -0.469 e. The number of carbonyl (C=O) groups is 1. The Bertz CT molecular complexity index is 844. The molecule has 0 aliphatic carbocycles. The number of nitrogens with zero attached hydrogens (tertiary/aromatic N) is 2. The van der Waals surface area contributed by atoms with Gasteiger partial charge in [0.2, 0.25) is 5.91 Å². The Kier molecular flexibility index (Phi) is 4.66. The van der Waals surface area contributed by atoms with Crippen molar-refractivity contribution in [1.29, 1.82) is 0 Å². The van der Waals surface area contributed by atoms with Gasteiger partial charge in [0.25, 0.3) is 11.1 Å². The molecule has 0 fully saturated rings. The lowest BCUT2D eigenvalue weighted by Gasteiger charge is -2.09. The Balaban J connectivity index is 1.63. The van der Waals surface area contributed by atoms with Gasteiger partial charge >= 0.3 is 0 Å². The number of carbonyl (C=O) groups excluding carboxylic acids is 1. The average Bonchev–Trinajstić information content (AvgIpc) is 3.18. The molecular formula is C16H14FN3O3S. The normalized spacial score (nSPS) is 12.1. The van der Waals surface area contributed by atoms with E-state index in [4.69, 9.17) is 8.83 Å². The molecule has 3 rings (SSSR count). The highest BCUT2D eigenvalue weighted by Crippen LogP contribution is 2.28. The van der Waals surface area contributed by atoms with Crippen LogP contribution in [0.3, 0.4) is 0 Å². The molecule has 1 aromatic carbocycles. The topological polar surface area (TPSA) is 81.2 Å². The van der Waals surface area contributed by atoms with Crippen LogP contribution in [-0.2, 0) is 4.79 Å². The van der Waals surface area contributed by atoms with Crippen LogP contribution in [0, 0.1) is 12.7 Å². The Labute approximate surface area is 141 Å². The SMILES string of the molecule is Cc1occc1-c1nnc(S[C@@H](C)C(=O)Nc2ccc(F)cc2)o1. The molecule has 0 aliphatic heterocycles. The van der Waals surface area contributed by atoms with Crippen molar-refractivity contribution in [3.63, 3.8) is 0 Å². The van der Waals surface area contributed by atoms with Crippen molar-refractivity contribution >= 4 is 23.4 Å². The van der Waals surface area contributed by atoms with E-state index >= 15 is 0 Å². The molecule has 3 aromatic rings. The zero-order chi connectivity index (χ0) is 17.1. The predicted molar refractivity (Wildman–Crippen MR) is 87.1 cm³/mol. The number of nitrogens with one attached hydrogen (secondary N) is 1. The molecule has 6 nitrogen and oxygen atoms in total. The largest absolute Gasteiger partial charge is 0.469 e. The van der Waals surface area contributed by atoms with Crippen molar-refractivity contribution in [2.45, 2.75) is 24.3 Å². The second-order valence-corrected chi connectivity index (χ2v) is 6.31. The van der Waals surface area contributed by atoms with Crippen LogP contribution < -0.4 is 5.32 Å². The van der Waals surface area contributed by atoms with Gasteiger partial charge < -0.3 is 14.2 Å². The molecule has 24 heavy (non-hydrogen) atoms. The lowest BCUT2D eigenvalue weighted by molar-refractivity contribution is -0.115. The Morgan fingerprint density at radius 2 is 2.00 bits per heavy atom. The van der Waals surface area contributed by atoms with E-state index in [1.54, 1.807) is 26.2 Å². The number of benzene rings is 1. The molecule has 0 saturated carbocycles. The summed E-state index contributed by atoms with van der Waals surface area (Å²) >= 11 is 1.14. The highest BCUT2D eigenvalue weighted by Gasteiger charge is 2.20. The van der Waals surface area contributed by atoms with Crippen molar-refractivity contribution in [3.05, 3.63) is 48.2 Å². The van der Waals surface area contributed by atoms with Crippen molar-refractivity contribution in [2.75, 3.05) is 5.32 Å². The number of rotatable bonds is 5. The van der Waals surface area contributed by atoms with Crippen molar-refractivity contribution in [3.8, 4) is 11.5 Å². The van der Waals surface area contributed by atoms with Gasteiger partial charge in [0.05, 0.1) is 17.1 Å². The summed E-state index contributed by atoms with van der Waals surface area (Å²) in [5.74, 6) is 0.418. The smallest absolute Gasteiger partial charge is 0.277 e. The van der Waals surface area contributed by atoms with Crippen LogP contribution in [0.5, 0.6) is 0 Å². The first-order chi connectivity index (χ1) is 11.5. The third-order valence-corrected chi connectivity index (χ3v) is 4.19. The zero-order valence-electron chi connectivity index (χ0n) is 12.9. The minimum absolute atomic E-state index is 0.245. The van der Waals surface area contributed by atoms with E-state index in [1.165, 1.54) is 24.3 Å². The highest BCUT2D eigenvalue weighted by molar-refractivity contribution is 8.00. The summed E-state index contributed by atoms with van der Waals surface area (Å²) in [6, 6.07) is 7.30. The van der Waals surface area contributed by atoms with Crippen molar-refractivity contribution in [2.24, 2.45) is 0 Å². The zero-order valence-corrected chi connectivity index (χ0v) is 13.8. The van der Waals surface area contributed by atoms with Gasteiger partial charge in [0.15, 0.2) is 0 Å². The monoisotopic (exact) mass is 347 g/mol. The molecule has 0 bridgehead atoms. The molecule has 0 aliphatic rings. The molecule has 0 unspecified atom stereocenters. The average molecular weight is 347 g/mol. The van der Waals surface area contributed by atoms with Gasteiger partial charge in [-0.3, -0.25) is 4.79 Å². The van der Waals surface area contributed by atoms with Crippen LogP contribution in [0.25, 0.3) is 11.5 Å². The first-order valence-electron chi connectivity index (χ1n) is 7.14. The van der Waals surface area contributed by atoms with Gasteiger partial charge in [-0.25, -0.2) is 4.39 Å². The van der Waals surface area contributed by atoms with Gasteiger partial charge in [0.1, 0.15) is 11.6 Å². The number of amides is 1. The molecule has 124 valence electrons. The summed E-state index contributed by atoms with van der Waals surface area (Å²) in [7, 11) is 0. The number of hydrogen-bond acceptors (Lipinski definition) is 6.